The Bertz CT molecular complexity index is 1490. The van der Waals surface area contributed by atoms with E-state index >= 15 is 0 Å². The van der Waals surface area contributed by atoms with Gasteiger partial charge in [-0.15, -0.1) is 0 Å². The topological polar surface area (TPSA) is 138 Å². The average Bonchev–Trinajstić information content (AvgIpc) is 3.44. The van der Waals surface area contributed by atoms with Gasteiger partial charge < -0.3 is 16.2 Å². The lowest BCUT2D eigenvalue weighted by molar-refractivity contribution is 0.0989. The molecule has 5 rings (SSSR count). The van der Waals surface area contributed by atoms with Crippen LogP contribution in [0.25, 0.3) is 16.9 Å². The minimum atomic E-state index is -0.622. The summed E-state index contributed by atoms with van der Waals surface area (Å²) in [6, 6.07) is 17.7. The van der Waals surface area contributed by atoms with E-state index in [2.05, 4.69) is 11.1 Å². The second kappa shape index (κ2) is 7.94. The molecule has 0 fully saturated rings. The molecule has 1 unspecified atom stereocenters. The van der Waals surface area contributed by atoms with Crippen LogP contribution in [0.2, 0.25) is 0 Å². The highest BCUT2D eigenvalue weighted by molar-refractivity contribution is 5.89. The summed E-state index contributed by atoms with van der Waals surface area (Å²) in [6.07, 6.45) is 3.18. The Morgan fingerprint density at radius 1 is 1.15 bits per heavy atom. The zero-order valence-corrected chi connectivity index (χ0v) is 18.6. The Morgan fingerprint density at radius 2 is 1.85 bits per heavy atom. The number of nitriles is 1. The monoisotopic (exact) mass is 451 g/mol. The van der Waals surface area contributed by atoms with Crippen LogP contribution in [0.4, 0.5) is 0 Å². The van der Waals surface area contributed by atoms with Crippen molar-refractivity contribution in [3.8, 4) is 28.9 Å². The first kappa shape index (κ1) is 21.0. The van der Waals surface area contributed by atoms with E-state index in [4.69, 9.17) is 21.3 Å². The zero-order chi connectivity index (χ0) is 24.0. The number of carbonyl (C=O) groups excluding carboxylic acids is 1. The highest BCUT2D eigenvalue weighted by atomic mass is 16.5. The van der Waals surface area contributed by atoms with Crippen molar-refractivity contribution in [1.29, 1.82) is 5.26 Å². The highest BCUT2D eigenvalue weighted by Crippen LogP contribution is 2.46. The number of allylic oxidation sites excluding steroid dienone is 1. The number of rotatable bonds is 4. The van der Waals surface area contributed by atoms with E-state index in [9.17, 15) is 10.1 Å². The number of primary amides is 1. The number of benzene rings is 2. The minimum absolute atomic E-state index is 0.0492. The third-order valence-corrected chi connectivity index (χ3v) is 5.89. The fraction of sp³-hybridized carbons (Fsp3) is 0.120. The van der Waals surface area contributed by atoms with Gasteiger partial charge in [0.25, 0.3) is 5.91 Å². The summed E-state index contributed by atoms with van der Waals surface area (Å²) in [6.45, 7) is 2.02. The van der Waals surface area contributed by atoms with E-state index in [1.165, 1.54) is 6.20 Å². The first-order valence-electron chi connectivity index (χ1n) is 10.5. The summed E-state index contributed by atoms with van der Waals surface area (Å²) in [5.74, 6) is -0.424. The lowest BCUT2D eigenvalue weighted by atomic mass is 9.83. The molecular weight excluding hydrogens is 430 g/mol. The van der Waals surface area contributed by atoms with Gasteiger partial charge >= 0.3 is 0 Å². The van der Waals surface area contributed by atoms with Crippen molar-refractivity contribution in [2.24, 2.45) is 18.5 Å². The number of imidazole rings is 1. The van der Waals surface area contributed by atoms with E-state index < -0.39 is 11.8 Å². The molecule has 0 saturated heterocycles. The molecule has 0 saturated carbocycles. The lowest BCUT2D eigenvalue weighted by Gasteiger charge is -2.25. The van der Waals surface area contributed by atoms with Crippen molar-refractivity contribution in [2.45, 2.75) is 12.8 Å². The Balaban J connectivity index is 1.66. The van der Waals surface area contributed by atoms with Crippen LogP contribution < -0.4 is 16.2 Å². The van der Waals surface area contributed by atoms with Gasteiger partial charge in [-0.3, -0.25) is 9.36 Å². The number of amides is 1. The van der Waals surface area contributed by atoms with Crippen molar-refractivity contribution in [3.63, 3.8) is 0 Å². The van der Waals surface area contributed by atoms with Gasteiger partial charge in [-0.05, 0) is 24.6 Å². The fourth-order valence-corrected chi connectivity index (χ4v) is 4.25. The number of hydrogen-bond donors (Lipinski definition) is 2. The molecule has 3 heterocycles. The van der Waals surface area contributed by atoms with Crippen LogP contribution in [-0.2, 0) is 7.05 Å². The summed E-state index contributed by atoms with van der Waals surface area (Å²) >= 11 is 0. The van der Waals surface area contributed by atoms with Crippen molar-refractivity contribution >= 4 is 5.91 Å². The summed E-state index contributed by atoms with van der Waals surface area (Å²) in [5.41, 5.74) is 17.0. The number of hydrogen-bond acceptors (Lipinski definition) is 6. The van der Waals surface area contributed by atoms with Gasteiger partial charge in [-0.2, -0.15) is 10.4 Å². The molecular formula is C25H21N7O2. The minimum Gasteiger partial charge on any atom is -0.422 e. The standard InChI is InChI=1S/C25H21N7O2/c1-14-3-5-16(6-4-14)21-20-19(18(13-26)23(28)34-25(20)31(2)30-21)15-7-9-17(10-8-15)32-12-11-29-24(32)22(27)33/h3-12,19H,28H2,1-2H3,(H2,27,33). The number of fused-ring (bicyclic) bond motifs is 1. The summed E-state index contributed by atoms with van der Waals surface area (Å²) in [5, 5.41) is 14.7. The third kappa shape index (κ3) is 3.29. The summed E-state index contributed by atoms with van der Waals surface area (Å²) in [4.78, 5) is 15.7. The van der Waals surface area contributed by atoms with E-state index in [0.29, 0.717) is 17.1 Å². The molecule has 168 valence electrons. The lowest BCUT2D eigenvalue weighted by Crippen LogP contribution is -2.22. The highest BCUT2D eigenvalue weighted by Gasteiger charge is 2.36. The molecule has 0 aliphatic carbocycles. The van der Waals surface area contributed by atoms with Gasteiger partial charge in [0.1, 0.15) is 17.3 Å². The molecule has 4 aromatic rings. The van der Waals surface area contributed by atoms with Crippen molar-refractivity contribution in [1.82, 2.24) is 19.3 Å². The SMILES string of the molecule is Cc1ccc(-c2nn(C)c3c2C(c2ccc(-n4ccnc4C(N)=O)cc2)C(C#N)=C(N)O3)cc1. The maximum Gasteiger partial charge on any atom is 0.285 e. The van der Waals surface area contributed by atoms with Crippen LogP contribution in [0.15, 0.2) is 72.4 Å². The Morgan fingerprint density at radius 3 is 2.50 bits per heavy atom. The van der Waals surface area contributed by atoms with Crippen molar-refractivity contribution in [2.75, 3.05) is 0 Å². The molecule has 2 aromatic heterocycles. The molecule has 1 amide bonds. The van der Waals surface area contributed by atoms with E-state index in [1.54, 1.807) is 22.5 Å². The molecule has 1 aliphatic heterocycles. The van der Waals surface area contributed by atoms with Crippen LogP contribution in [0.1, 0.15) is 33.2 Å². The van der Waals surface area contributed by atoms with E-state index in [0.717, 1.165) is 27.9 Å². The summed E-state index contributed by atoms with van der Waals surface area (Å²) in [7, 11) is 1.78. The smallest absolute Gasteiger partial charge is 0.285 e. The second-order valence-electron chi connectivity index (χ2n) is 8.06. The molecule has 1 atom stereocenters. The number of aromatic nitrogens is 4. The molecule has 0 radical (unpaired) electrons. The Labute approximate surface area is 195 Å². The second-order valence-corrected chi connectivity index (χ2v) is 8.06. The number of nitrogens with two attached hydrogens (primary N) is 2. The first-order valence-corrected chi connectivity index (χ1v) is 10.5. The third-order valence-electron chi connectivity index (χ3n) is 5.89. The maximum atomic E-state index is 11.7. The van der Waals surface area contributed by atoms with Crippen molar-refractivity contribution in [3.05, 3.63) is 94.9 Å². The van der Waals surface area contributed by atoms with Gasteiger partial charge in [0, 0.05) is 30.7 Å². The molecule has 0 spiro atoms. The normalized spacial score (nSPS) is 14.9. The molecule has 9 heteroatoms. The Kier molecular flexibility index (Phi) is 4.91. The molecule has 2 aromatic carbocycles. The maximum absolute atomic E-state index is 11.7. The van der Waals surface area contributed by atoms with E-state index in [1.807, 2.05) is 55.5 Å². The summed E-state index contributed by atoms with van der Waals surface area (Å²) < 4.78 is 9.09. The van der Waals surface area contributed by atoms with Gasteiger partial charge in [0.15, 0.2) is 0 Å². The molecule has 1 aliphatic rings. The zero-order valence-electron chi connectivity index (χ0n) is 18.6. The van der Waals surface area contributed by atoms with Crippen molar-refractivity contribution < 1.29 is 9.53 Å². The van der Waals surface area contributed by atoms with Crippen LogP contribution in [-0.4, -0.2) is 25.2 Å². The quantitative estimate of drug-likeness (QED) is 0.489. The number of carbonyl (C=O) groups is 1. The van der Waals surface area contributed by atoms with E-state index in [-0.39, 0.29) is 11.7 Å². The fourth-order valence-electron chi connectivity index (χ4n) is 4.25. The van der Waals surface area contributed by atoms with Crippen LogP contribution in [0.3, 0.4) is 0 Å². The molecule has 34 heavy (non-hydrogen) atoms. The number of ether oxygens (including phenoxy) is 1. The van der Waals surface area contributed by atoms with Gasteiger partial charge in [0.2, 0.25) is 17.6 Å². The predicted molar refractivity (Wildman–Crippen MR) is 125 cm³/mol. The largest absolute Gasteiger partial charge is 0.422 e. The van der Waals surface area contributed by atoms with Gasteiger partial charge in [-0.1, -0.05) is 42.0 Å². The van der Waals surface area contributed by atoms with Crippen LogP contribution >= 0.6 is 0 Å². The van der Waals surface area contributed by atoms with Gasteiger partial charge in [-0.25, -0.2) is 9.67 Å². The number of aryl methyl sites for hydroxylation is 2. The molecule has 9 nitrogen and oxygen atoms in total. The Hall–Kier alpha value is -4.84. The predicted octanol–water partition coefficient (Wildman–Crippen LogP) is 2.90. The first-order chi connectivity index (χ1) is 16.4. The number of nitrogens with zero attached hydrogens (tertiary/aromatic N) is 5. The van der Waals surface area contributed by atoms with Crippen LogP contribution in [0, 0.1) is 18.3 Å². The average molecular weight is 451 g/mol. The molecule has 4 N–H and O–H groups in total. The van der Waals surface area contributed by atoms with Gasteiger partial charge in [0.05, 0.1) is 11.5 Å². The molecule has 0 bridgehead atoms. The van der Waals surface area contributed by atoms with Crippen LogP contribution in [0.5, 0.6) is 5.88 Å².